The fourth-order valence-corrected chi connectivity index (χ4v) is 5.84. The van der Waals surface area contributed by atoms with Crippen molar-refractivity contribution in [3.05, 3.63) is 80.1 Å². The van der Waals surface area contributed by atoms with Gasteiger partial charge in [-0.1, -0.05) is 68.8 Å². The average Bonchev–Trinajstić information content (AvgIpc) is 3.30. The average molecular weight is 584 g/mol. The molecule has 4 rings (SSSR count). The minimum absolute atomic E-state index is 0.0347. The molecule has 10 heteroatoms. The second kappa shape index (κ2) is 12.1. The van der Waals surface area contributed by atoms with Crippen LogP contribution in [-0.4, -0.2) is 70.2 Å². The zero-order valence-corrected chi connectivity index (χ0v) is 24.7. The highest BCUT2D eigenvalue weighted by molar-refractivity contribution is 8.18. The van der Waals surface area contributed by atoms with Crippen molar-refractivity contribution in [3.8, 4) is 0 Å². The van der Waals surface area contributed by atoms with Gasteiger partial charge in [0.15, 0.2) is 0 Å². The van der Waals surface area contributed by atoms with E-state index in [4.69, 9.17) is 11.6 Å². The number of imide groups is 2. The van der Waals surface area contributed by atoms with Crippen LogP contribution in [0.5, 0.6) is 0 Å². The van der Waals surface area contributed by atoms with Gasteiger partial charge >= 0.3 is 0 Å². The molecule has 0 bridgehead atoms. The first-order chi connectivity index (χ1) is 18.4. The first kappa shape index (κ1) is 29.1. The Morgan fingerprint density at radius 1 is 0.744 bits per heavy atom. The molecule has 0 atom stereocenters. The third kappa shape index (κ3) is 7.22. The maximum absolute atomic E-state index is 12.9. The van der Waals surface area contributed by atoms with E-state index in [0.29, 0.717) is 27.9 Å². The quantitative estimate of drug-likeness (QED) is 0.335. The summed E-state index contributed by atoms with van der Waals surface area (Å²) in [5.74, 6) is -0.642. The number of nitrogens with zero attached hydrogens (tertiary/aromatic N) is 3. The van der Waals surface area contributed by atoms with Crippen molar-refractivity contribution in [3.63, 3.8) is 0 Å². The standard InChI is InChI=1S/C29H30ClN3O4S2/c1-29(2,3)21-9-5-19(6-10-21)17-23-25(34)32(27(36)38-23)15-13-31(4)14-16-33-26(35)24(39-28(33)37)18-20-7-11-22(30)12-8-20/h5-12,17-18H,13-16H2,1-4H3/b23-17-,24-18-. The van der Waals surface area contributed by atoms with Crippen LogP contribution in [0.15, 0.2) is 58.3 Å². The van der Waals surface area contributed by atoms with E-state index in [1.807, 2.05) is 36.2 Å². The zero-order chi connectivity index (χ0) is 28.3. The Hall–Kier alpha value is -2.85. The summed E-state index contributed by atoms with van der Waals surface area (Å²) in [6.07, 6.45) is 3.43. The molecule has 0 radical (unpaired) electrons. The minimum Gasteiger partial charge on any atom is -0.303 e. The lowest BCUT2D eigenvalue weighted by Crippen LogP contribution is -2.40. The molecule has 4 amide bonds. The minimum atomic E-state index is -0.333. The van der Waals surface area contributed by atoms with Crippen LogP contribution < -0.4 is 0 Å². The van der Waals surface area contributed by atoms with Crippen LogP contribution in [0.4, 0.5) is 9.59 Å². The Kier molecular flexibility index (Phi) is 9.06. The molecule has 2 fully saturated rings. The van der Waals surface area contributed by atoms with Crippen molar-refractivity contribution in [2.75, 3.05) is 33.2 Å². The van der Waals surface area contributed by atoms with Gasteiger partial charge in [0.1, 0.15) is 0 Å². The molecule has 0 N–H and O–H groups in total. The van der Waals surface area contributed by atoms with Gasteiger partial charge in [0.25, 0.3) is 22.3 Å². The lowest BCUT2D eigenvalue weighted by Gasteiger charge is -2.22. The van der Waals surface area contributed by atoms with E-state index in [1.165, 1.54) is 15.4 Å². The van der Waals surface area contributed by atoms with E-state index in [1.54, 1.807) is 36.4 Å². The number of carbonyl (C=O) groups excluding carboxylic acids is 4. The summed E-state index contributed by atoms with van der Waals surface area (Å²) in [7, 11) is 1.83. The van der Waals surface area contributed by atoms with Gasteiger partial charge in [-0.3, -0.25) is 29.0 Å². The molecule has 2 aromatic rings. The van der Waals surface area contributed by atoms with Crippen LogP contribution in [0, 0.1) is 0 Å². The van der Waals surface area contributed by atoms with E-state index in [0.717, 1.165) is 34.7 Å². The molecule has 39 heavy (non-hydrogen) atoms. The molecule has 2 aliphatic heterocycles. The fourth-order valence-electron chi connectivity index (χ4n) is 3.98. The SMILES string of the molecule is CN(CCN1C(=O)S/C(=C\c2ccc(Cl)cc2)C1=O)CCN1C(=O)S/C(=C\c2ccc(C(C)(C)C)cc2)C1=O. The van der Waals surface area contributed by atoms with Crippen molar-refractivity contribution < 1.29 is 19.2 Å². The zero-order valence-electron chi connectivity index (χ0n) is 22.3. The molecule has 2 aliphatic rings. The number of hydrogen-bond donors (Lipinski definition) is 0. The third-order valence-electron chi connectivity index (χ3n) is 6.40. The molecule has 2 aromatic carbocycles. The number of hydrogen-bond acceptors (Lipinski definition) is 7. The number of benzene rings is 2. The van der Waals surface area contributed by atoms with Crippen LogP contribution in [-0.2, 0) is 15.0 Å². The van der Waals surface area contributed by atoms with E-state index in [-0.39, 0.29) is 40.8 Å². The molecule has 7 nitrogen and oxygen atoms in total. The van der Waals surface area contributed by atoms with Gasteiger partial charge in [-0.05, 0) is 77.0 Å². The summed E-state index contributed by atoms with van der Waals surface area (Å²) >= 11 is 7.76. The maximum Gasteiger partial charge on any atom is 0.293 e. The number of likely N-dealkylation sites (N-methyl/N-ethyl adjacent to an activating group) is 1. The fraction of sp³-hybridized carbons (Fsp3) is 0.310. The monoisotopic (exact) mass is 583 g/mol. The number of amides is 4. The molecular weight excluding hydrogens is 554 g/mol. The van der Waals surface area contributed by atoms with Gasteiger partial charge in [0.05, 0.1) is 9.81 Å². The van der Waals surface area contributed by atoms with Gasteiger partial charge in [-0.25, -0.2) is 0 Å². The summed E-state index contributed by atoms with van der Waals surface area (Å²) in [5, 5.41) is -0.0261. The molecule has 2 saturated heterocycles. The molecule has 0 aromatic heterocycles. The normalized spacial score (nSPS) is 18.5. The number of halogens is 1. The lowest BCUT2D eigenvalue weighted by molar-refractivity contribution is -0.123. The number of thioether (sulfide) groups is 2. The van der Waals surface area contributed by atoms with Gasteiger partial charge in [0.2, 0.25) is 0 Å². The number of carbonyl (C=O) groups is 4. The van der Waals surface area contributed by atoms with Gasteiger partial charge in [-0.15, -0.1) is 0 Å². The van der Waals surface area contributed by atoms with E-state index in [9.17, 15) is 19.2 Å². The van der Waals surface area contributed by atoms with E-state index >= 15 is 0 Å². The van der Waals surface area contributed by atoms with Crippen LogP contribution in [0.2, 0.25) is 5.02 Å². The largest absolute Gasteiger partial charge is 0.303 e. The van der Waals surface area contributed by atoms with Crippen molar-refractivity contribution in [1.29, 1.82) is 0 Å². The molecule has 0 aliphatic carbocycles. The predicted molar refractivity (Wildman–Crippen MR) is 159 cm³/mol. The Balaban J connectivity index is 1.29. The lowest BCUT2D eigenvalue weighted by atomic mass is 9.87. The van der Waals surface area contributed by atoms with Crippen LogP contribution in [0.1, 0.15) is 37.5 Å². The topological polar surface area (TPSA) is 78.0 Å². The highest BCUT2D eigenvalue weighted by Crippen LogP contribution is 2.33. The predicted octanol–water partition coefficient (Wildman–Crippen LogP) is 6.34. The van der Waals surface area contributed by atoms with Crippen molar-refractivity contribution in [2.45, 2.75) is 26.2 Å². The summed E-state index contributed by atoms with van der Waals surface area (Å²) < 4.78 is 0. The van der Waals surface area contributed by atoms with Gasteiger partial charge in [-0.2, -0.15) is 0 Å². The molecule has 0 spiro atoms. The van der Waals surface area contributed by atoms with Crippen LogP contribution >= 0.6 is 35.1 Å². The Morgan fingerprint density at radius 2 is 1.15 bits per heavy atom. The highest BCUT2D eigenvalue weighted by atomic mass is 35.5. The maximum atomic E-state index is 12.9. The summed E-state index contributed by atoms with van der Waals surface area (Å²) in [4.78, 5) is 55.8. The van der Waals surface area contributed by atoms with Gasteiger partial charge < -0.3 is 4.90 Å². The second-order valence-electron chi connectivity index (χ2n) is 10.4. The third-order valence-corrected chi connectivity index (χ3v) is 8.47. The summed E-state index contributed by atoms with van der Waals surface area (Å²) in [6, 6.07) is 15.0. The molecule has 204 valence electrons. The smallest absolute Gasteiger partial charge is 0.293 e. The Bertz CT molecular complexity index is 1350. The van der Waals surface area contributed by atoms with Crippen LogP contribution in [0.3, 0.4) is 0 Å². The van der Waals surface area contributed by atoms with Crippen LogP contribution in [0.25, 0.3) is 12.2 Å². The molecule has 2 heterocycles. The second-order valence-corrected chi connectivity index (χ2v) is 12.8. The first-order valence-electron chi connectivity index (χ1n) is 12.5. The van der Waals surface area contributed by atoms with Gasteiger partial charge in [0, 0.05) is 31.2 Å². The summed E-state index contributed by atoms with van der Waals surface area (Å²) in [6.45, 7) is 7.69. The highest BCUT2D eigenvalue weighted by Gasteiger charge is 2.36. The Morgan fingerprint density at radius 3 is 1.56 bits per heavy atom. The van der Waals surface area contributed by atoms with Crippen molar-refractivity contribution >= 4 is 69.6 Å². The van der Waals surface area contributed by atoms with E-state index < -0.39 is 0 Å². The summed E-state index contributed by atoms with van der Waals surface area (Å²) in [5.41, 5.74) is 2.89. The molecule has 0 unspecified atom stereocenters. The number of rotatable bonds is 8. The Labute approximate surface area is 242 Å². The first-order valence-corrected chi connectivity index (χ1v) is 14.5. The molecular formula is C29H30ClN3O4S2. The van der Waals surface area contributed by atoms with Crippen molar-refractivity contribution in [2.24, 2.45) is 0 Å². The van der Waals surface area contributed by atoms with Crippen molar-refractivity contribution in [1.82, 2.24) is 14.7 Å². The molecule has 0 saturated carbocycles. The van der Waals surface area contributed by atoms with E-state index in [2.05, 4.69) is 20.8 Å².